The smallest absolute Gasteiger partial charge is 0.305 e. The molecule has 0 aliphatic carbocycles. The molecule has 1 heterocycles. The lowest BCUT2D eigenvalue weighted by Gasteiger charge is -2.13. The van der Waals surface area contributed by atoms with Crippen LogP contribution in [0.25, 0.3) is 11.0 Å². The van der Waals surface area contributed by atoms with Crippen LogP contribution in [-0.2, 0) is 4.79 Å². The Morgan fingerprint density at radius 1 is 1.20 bits per heavy atom. The van der Waals surface area contributed by atoms with Gasteiger partial charge in [0.15, 0.2) is 5.76 Å². The molecule has 0 unspecified atom stereocenters. The second-order valence-electron chi connectivity index (χ2n) is 4.96. The Balaban J connectivity index is 2.24. The van der Waals surface area contributed by atoms with Gasteiger partial charge in [-0.05, 0) is 43.2 Å². The molecule has 0 bridgehead atoms. The Kier molecular flexibility index (Phi) is 3.79. The molecule has 2 rings (SSSR count). The average molecular weight is 275 g/mol. The molecule has 5 heteroatoms. The summed E-state index contributed by atoms with van der Waals surface area (Å²) in [6, 6.07) is 5.57. The number of hydrogen-bond donors (Lipinski definition) is 1. The van der Waals surface area contributed by atoms with Crippen molar-refractivity contribution >= 4 is 22.8 Å². The van der Waals surface area contributed by atoms with Gasteiger partial charge in [0.1, 0.15) is 5.58 Å². The van der Waals surface area contributed by atoms with E-state index in [-0.39, 0.29) is 24.6 Å². The predicted octanol–water partition coefficient (Wildman–Crippen LogP) is 2.60. The molecule has 1 aromatic heterocycles. The monoisotopic (exact) mass is 275 g/mol. The van der Waals surface area contributed by atoms with Crippen LogP contribution in [0.5, 0.6) is 0 Å². The van der Waals surface area contributed by atoms with Crippen molar-refractivity contribution in [2.24, 2.45) is 0 Å². The fraction of sp³-hybridized carbons (Fsp3) is 0.333. The molecule has 5 nitrogen and oxygen atoms in total. The molecule has 0 spiro atoms. The van der Waals surface area contributed by atoms with Gasteiger partial charge in [0.05, 0.1) is 6.42 Å². The molecule has 20 heavy (non-hydrogen) atoms. The van der Waals surface area contributed by atoms with Gasteiger partial charge in [0.25, 0.3) is 5.91 Å². The van der Waals surface area contributed by atoms with Gasteiger partial charge < -0.3 is 14.4 Å². The van der Waals surface area contributed by atoms with E-state index in [1.165, 1.54) is 4.90 Å². The first-order chi connectivity index (χ1) is 9.38. The lowest BCUT2D eigenvalue weighted by atomic mass is 10.1. The molecular weight excluding hydrogens is 258 g/mol. The normalized spacial score (nSPS) is 10.8. The zero-order valence-corrected chi connectivity index (χ0v) is 11.8. The summed E-state index contributed by atoms with van der Waals surface area (Å²) < 4.78 is 5.55. The van der Waals surface area contributed by atoms with E-state index < -0.39 is 5.97 Å². The number of rotatable bonds is 4. The number of carbonyl (C=O) groups excluding carboxylic acids is 1. The number of nitrogens with zero attached hydrogens (tertiary/aromatic N) is 1. The zero-order valence-electron chi connectivity index (χ0n) is 11.8. The van der Waals surface area contributed by atoms with Crippen molar-refractivity contribution in [2.75, 3.05) is 13.6 Å². The number of furan rings is 1. The molecule has 0 atom stereocenters. The van der Waals surface area contributed by atoms with Gasteiger partial charge in [-0.15, -0.1) is 0 Å². The molecule has 0 saturated heterocycles. The van der Waals surface area contributed by atoms with Crippen LogP contribution in [0.2, 0.25) is 0 Å². The summed E-state index contributed by atoms with van der Waals surface area (Å²) in [7, 11) is 1.56. The van der Waals surface area contributed by atoms with Crippen molar-refractivity contribution in [3.05, 3.63) is 35.1 Å². The summed E-state index contributed by atoms with van der Waals surface area (Å²) in [6.45, 7) is 4.14. The quantitative estimate of drug-likeness (QED) is 0.931. The van der Waals surface area contributed by atoms with Crippen LogP contribution in [0.4, 0.5) is 0 Å². The Morgan fingerprint density at radius 3 is 2.50 bits per heavy atom. The minimum absolute atomic E-state index is 0.0827. The zero-order chi connectivity index (χ0) is 14.9. The molecule has 1 aromatic carbocycles. The molecule has 0 saturated carbocycles. The van der Waals surface area contributed by atoms with Crippen molar-refractivity contribution in [3.63, 3.8) is 0 Å². The van der Waals surface area contributed by atoms with Crippen LogP contribution in [0, 0.1) is 13.8 Å². The van der Waals surface area contributed by atoms with E-state index in [9.17, 15) is 9.59 Å². The molecule has 0 radical (unpaired) electrons. The summed E-state index contributed by atoms with van der Waals surface area (Å²) in [4.78, 5) is 24.0. The van der Waals surface area contributed by atoms with Crippen LogP contribution in [-0.4, -0.2) is 35.5 Å². The molecular formula is C15H17NO4. The third-order valence-electron chi connectivity index (χ3n) is 3.35. The first kappa shape index (κ1) is 14.1. The van der Waals surface area contributed by atoms with Gasteiger partial charge >= 0.3 is 5.97 Å². The number of fused-ring (bicyclic) bond motifs is 1. The minimum atomic E-state index is -0.930. The average Bonchev–Trinajstić information content (AvgIpc) is 2.78. The Labute approximate surface area is 116 Å². The van der Waals surface area contributed by atoms with Crippen molar-refractivity contribution in [1.29, 1.82) is 0 Å². The molecule has 0 aliphatic rings. The van der Waals surface area contributed by atoms with E-state index in [1.807, 2.05) is 26.0 Å². The molecule has 0 aliphatic heterocycles. The summed E-state index contributed by atoms with van der Waals surface area (Å²) in [5.74, 6) is -1.00. The van der Waals surface area contributed by atoms with Crippen LogP contribution in [0.15, 0.2) is 22.6 Å². The highest BCUT2D eigenvalue weighted by Gasteiger charge is 2.17. The maximum absolute atomic E-state index is 12.1. The first-order valence-corrected chi connectivity index (χ1v) is 6.36. The molecule has 1 amide bonds. The number of carboxylic acid groups (broad SMARTS) is 1. The number of hydrogen-bond acceptors (Lipinski definition) is 3. The lowest BCUT2D eigenvalue weighted by Crippen LogP contribution is -2.28. The van der Waals surface area contributed by atoms with Crippen molar-refractivity contribution in [2.45, 2.75) is 20.3 Å². The van der Waals surface area contributed by atoms with Gasteiger partial charge in [-0.3, -0.25) is 9.59 Å². The molecule has 106 valence electrons. The third kappa shape index (κ3) is 2.82. The molecule has 1 N–H and O–H groups in total. The number of carbonyl (C=O) groups is 2. The largest absolute Gasteiger partial charge is 0.481 e. The Hall–Kier alpha value is -2.30. The first-order valence-electron chi connectivity index (χ1n) is 6.36. The van der Waals surface area contributed by atoms with Crippen LogP contribution in [0.3, 0.4) is 0 Å². The second-order valence-corrected chi connectivity index (χ2v) is 4.96. The lowest BCUT2D eigenvalue weighted by molar-refractivity contribution is -0.137. The van der Waals surface area contributed by atoms with Gasteiger partial charge in [-0.25, -0.2) is 0 Å². The SMILES string of the molecule is Cc1cc2cc(C(=O)N(C)CCC(=O)O)oc2cc1C. The van der Waals surface area contributed by atoms with Crippen molar-refractivity contribution in [1.82, 2.24) is 4.90 Å². The van der Waals surface area contributed by atoms with Gasteiger partial charge in [-0.1, -0.05) is 0 Å². The summed E-state index contributed by atoms with van der Waals surface area (Å²) in [5, 5.41) is 9.51. The third-order valence-corrected chi connectivity index (χ3v) is 3.35. The highest BCUT2D eigenvalue weighted by atomic mass is 16.4. The van der Waals surface area contributed by atoms with E-state index in [1.54, 1.807) is 13.1 Å². The number of benzene rings is 1. The topological polar surface area (TPSA) is 70.8 Å². The van der Waals surface area contributed by atoms with Crippen molar-refractivity contribution < 1.29 is 19.1 Å². The Bertz CT molecular complexity index is 633. The second kappa shape index (κ2) is 5.36. The fourth-order valence-electron chi connectivity index (χ4n) is 1.96. The van der Waals surface area contributed by atoms with E-state index in [0.29, 0.717) is 5.58 Å². The highest BCUT2D eigenvalue weighted by Crippen LogP contribution is 2.23. The van der Waals surface area contributed by atoms with Gasteiger partial charge in [-0.2, -0.15) is 0 Å². The maximum Gasteiger partial charge on any atom is 0.305 e. The van der Waals surface area contributed by atoms with E-state index >= 15 is 0 Å². The number of amides is 1. The Morgan fingerprint density at radius 2 is 1.85 bits per heavy atom. The summed E-state index contributed by atoms with van der Waals surface area (Å²) in [5.41, 5.74) is 2.91. The van der Waals surface area contributed by atoms with Crippen molar-refractivity contribution in [3.8, 4) is 0 Å². The highest BCUT2D eigenvalue weighted by molar-refractivity contribution is 5.96. The van der Waals surface area contributed by atoms with Gasteiger partial charge in [0, 0.05) is 19.0 Å². The van der Waals surface area contributed by atoms with Crippen LogP contribution < -0.4 is 0 Å². The number of aryl methyl sites for hydroxylation is 2. The number of aliphatic carboxylic acids is 1. The summed E-state index contributed by atoms with van der Waals surface area (Å²) in [6.07, 6.45) is -0.0827. The maximum atomic E-state index is 12.1. The van der Waals surface area contributed by atoms with E-state index in [0.717, 1.165) is 16.5 Å². The van der Waals surface area contributed by atoms with Crippen LogP contribution >= 0.6 is 0 Å². The molecule has 0 fully saturated rings. The number of carboxylic acids is 1. The van der Waals surface area contributed by atoms with E-state index in [2.05, 4.69) is 0 Å². The van der Waals surface area contributed by atoms with Crippen LogP contribution in [0.1, 0.15) is 28.1 Å². The van der Waals surface area contributed by atoms with Gasteiger partial charge in [0.2, 0.25) is 0 Å². The fourth-order valence-corrected chi connectivity index (χ4v) is 1.96. The predicted molar refractivity (Wildman–Crippen MR) is 74.9 cm³/mol. The minimum Gasteiger partial charge on any atom is -0.481 e. The van der Waals surface area contributed by atoms with E-state index in [4.69, 9.17) is 9.52 Å². The molecule has 2 aromatic rings. The summed E-state index contributed by atoms with van der Waals surface area (Å²) >= 11 is 0. The standard InChI is InChI=1S/C15H17NO4/c1-9-6-11-8-13(20-12(11)7-10(9)2)15(19)16(3)5-4-14(17)18/h6-8H,4-5H2,1-3H3,(H,17,18).